The Morgan fingerprint density at radius 3 is 2.33 bits per heavy atom. The molecule has 1 saturated carbocycles. The molecule has 1 unspecified atom stereocenters. The van der Waals surface area contributed by atoms with Crippen molar-refractivity contribution in [1.82, 2.24) is 10.2 Å². The van der Waals surface area contributed by atoms with Gasteiger partial charge >= 0.3 is 0 Å². The molecule has 4 heteroatoms. The van der Waals surface area contributed by atoms with E-state index >= 15 is 0 Å². The number of unbranched alkanes of at least 4 members (excludes halogenated alkanes) is 1. The van der Waals surface area contributed by atoms with Crippen LogP contribution in [0.5, 0.6) is 0 Å². The smallest absolute Gasteiger partial charge is 0.243 e. The van der Waals surface area contributed by atoms with E-state index in [9.17, 15) is 9.59 Å². The minimum absolute atomic E-state index is 0.0438. The molecule has 1 aliphatic carbocycles. The summed E-state index contributed by atoms with van der Waals surface area (Å²) >= 11 is 0. The molecule has 4 nitrogen and oxygen atoms in total. The molecule has 0 aliphatic heterocycles. The molecule has 0 aromatic rings. The van der Waals surface area contributed by atoms with Crippen molar-refractivity contribution >= 4 is 11.8 Å². The van der Waals surface area contributed by atoms with Gasteiger partial charge in [0.2, 0.25) is 11.8 Å². The molecule has 1 atom stereocenters. The highest BCUT2D eigenvalue weighted by Crippen LogP contribution is 2.18. The molecule has 1 fully saturated rings. The maximum absolute atomic E-state index is 12.6. The Hall–Kier alpha value is -1.06. The van der Waals surface area contributed by atoms with E-state index in [0.29, 0.717) is 25.4 Å². The number of hydrogen-bond donors (Lipinski definition) is 1. The summed E-state index contributed by atoms with van der Waals surface area (Å²) in [5.41, 5.74) is 0. The third-order valence-corrected chi connectivity index (χ3v) is 4.39. The summed E-state index contributed by atoms with van der Waals surface area (Å²) in [4.78, 5) is 26.5. The Bertz CT molecular complexity index is 325. The highest BCUT2D eigenvalue weighted by Gasteiger charge is 2.28. The van der Waals surface area contributed by atoms with Gasteiger partial charge in [0.15, 0.2) is 0 Å². The molecule has 21 heavy (non-hydrogen) atoms. The van der Waals surface area contributed by atoms with E-state index in [1.807, 2.05) is 13.8 Å². The highest BCUT2D eigenvalue weighted by molar-refractivity contribution is 5.87. The zero-order chi connectivity index (χ0) is 15.7. The highest BCUT2D eigenvalue weighted by atomic mass is 16.2. The first-order valence-corrected chi connectivity index (χ1v) is 8.73. The van der Waals surface area contributed by atoms with Crippen molar-refractivity contribution in [1.29, 1.82) is 0 Å². The maximum Gasteiger partial charge on any atom is 0.243 e. The van der Waals surface area contributed by atoms with Crippen LogP contribution in [0, 0.1) is 0 Å². The van der Waals surface area contributed by atoms with Crippen LogP contribution in [0.4, 0.5) is 0 Å². The molecular weight excluding hydrogens is 264 g/mol. The molecule has 0 aromatic heterocycles. The lowest BCUT2D eigenvalue weighted by molar-refractivity contribution is -0.141. The van der Waals surface area contributed by atoms with Gasteiger partial charge in [-0.05, 0) is 25.7 Å². The minimum atomic E-state index is -0.300. The van der Waals surface area contributed by atoms with Crippen LogP contribution in [0.1, 0.15) is 78.6 Å². The van der Waals surface area contributed by atoms with Gasteiger partial charge in [-0.2, -0.15) is 0 Å². The zero-order valence-electron chi connectivity index (χ0n) is 14.0. The Balaban J connectivity index is 2.65. The largest absolute Gasteiger partial charge is 0.352 e. The fraction of sp³-hybridized carbons (Fsp3) is 0.882. The second-order valence-corrected chi connectivity index (χ2v) is 6.06. The van der Waals surface area contributed by atoms with Gasteiger partial charge in [0, 0.05) is 19.0 Å². The van der Waals surface area contributed by atoms with Gasteiger partial charge in [-0.1, -0.05) is 46.5 Å². The van der Waals surface area contributed by atoms with Gasteiger partial charge in [0.25, 0.3) is 0 Å². The molecular formula is C17H32N2O2. The third-order valence-electron chi connectivity index (χ3n) is 4.39. The van der Waals surface area contributed by atoms with Crippen LogP contribution in [0.25, 0.3) is 0 Å². The first-order valence-electron chi connectivity index (χ1n) is 8.73. The third kappa shape index (κ3) is 5.68. The summed E-state index contributed by atoms with van der Waals surface area (Å²) in [5.74, 6) is 0.136. The lowest BCUT2D eigenvalue weighted by Crippen LogP contribution is -2.52. The maximum atomic E-state index is 12.6. The lowest BCUT2D eigenvalue weighted by Gasteiger charge is -2.32. The quantitative estimate of drug-likeness (QED) is 0.747. The summed E-state index contributed by atoms with van der Waals surface area (Å²) in [5, 5.41) is 3.17. The van der Waals surface area contributed by atoms with Crippen molar-refractivity contribution in [3.8, 4) is 0 Å². The van der Waals surface area contributed by atoms with E-state index in [0.717, 1.165) is 25.7 Å². The summed E-state index contributed by atoms with van der Waals surface area (Å²) in [6.07, 6.45) is 9.00. The van der Waals surface area contributed by atoms with Crippen molar-refractivity contribution in [2.24, 2.45) is 0 Å². The van der Waals surface area contributed by atoms with Gasteiger partial charge in [0.1, 0.15) is 6.04 Å². The number of hydrogen-bond acceptors (Lipinski definition) is 2. The van der Waals surface area contributed by atoms with E-state index in [1.54, 1.807) is 4.90 Å². The van der Waals surface area contributed by atoms with Gasteiger partial charge < -0.3 is 10.2 Å². The number of carbonyl (C=O) groups is 2. The van der Waals surface area contributed by atoms with Crippen LogP contribution >= 0.6 is 0 Å². The predicted molar refractivity (Wildman–Crippen MR) is 86.0 cm³/mol. The van der Waals surface area contributed by atoms with E-state index < -0.39 is 0 Å². The first-order chi connectivity index (χ1) is 10.1. The molecule has 0 saturated heterocycles. The SMILES string of the molecule is CCCCN(C(=O)CC)C(CC)C(=O)NC1CCCCC1. The topological polar surface area (TPSA) is 49.4 Å². The molecule has 0 heterocycles. The van der Waals surface area contributed by atoms with Gasteiger partial charge in [-0.25, -0.2) is 0 Å². The normalized spacial score (nSPS) is 17.3. The van der Waals surface area contributed by atoms with Crippen molar-refractivity contribution in [3.63, 3.8) is 0 Å². The van der Waals surface area contributed by atoms with Gasteiger partial charge in [0.05, 0.1) is 0 Å². The second kappa shape index (κ2) is 9.80. The molecule has 1 aliphatic rings. The predicted octanol–water partition coefficient (Wildman–Crippen LogP) is 3.25. The fourth-order valence-corrected chi connectivity index (χ4v) is 3.08. The number of amides is 2. The first kappa shape index (κ1) is 18.0. The van der Waals surface area contributed by atoms with Crippen molar-refractivity contribution in [2.45, 2.75) is 90.6 Å². The molecule has 1 N–H and O–H groups in total. The summed E-state index contributed by atoms with van der Waals surface area (Å²) < 4.78 is 0. The van der Waals surface area contributed by atoms with Gasteiger partial charge in [-0.15, -0.1) is 0 Å². The van der Waals surface area contributed by atoms with Crippen LogP contribution in [0.15, 0.2) is 0 Å². The number of rotatable bonds is 8. The number of carbonyl (C=O) groups excluding carboxylic acids is 2. The molecule has 0 aromatic carbocycles. The van der Waals surface area contributed by atoms with Crippen molar-refractivity contribution < 1.29 is 9.59 Å². The molecule has 2 amide bonds. The molecule has 1 rings (SSSR count). The zero-order valence-corrected chi connectivity index (χ0v) is 14.0. The van der Waals surface area contributed by atoms with Crippen LogP contribution in [0.3, 0.4) is 0 Å². The Morgan fingerprint density at radius 2 is 1.81 bits per heavy atom. The average molecular weight is 296 g/mol. The average Bonchev–Trinajstić information content (AvgIpc) is 2.51. The number of nitrogens with zero attached hydrogens (tertiary/aromatic N) is 1. The molecule has 0 bridgehead atoms. The van der Waals surface area contributed by atoms with E-state index in [2.05, 4.69) is 12.2 Å². The van der Waals surface area contributed by atoms with E-state index in [1.165, 1.54) is 19.3 Å². The van der Waals surface area contributed by atoms with E-state index in [4.69, 9.17) is 0 Å². The Morgan fingerprint density at radius 1 is 1.14 bits per heavy atom. The van der Waals surface area contributed by atoms with Crippen LogP contribution in [0.2, 0.25) is 0 Å². The summed E-state index contributed by atoms with van der Waals surface area (Å²) in [6.45, 7) is 6.66. The van der Waals surface area contributed by atoms with Crippen LogP contribution in [-0.2, 0) is 9.59 Å². The fourth-order valence-electron chi connectivity index (χ4n) is 3.08. The van der Waals surface area contributed by atoms with Crippen LogP contribution in [-0.4, -0.2) is 35.3 Å². The van der Waals surface area contributed by atoms with Crippen LogP contribution < -0.4 is 5.32 Å². The molecule has 122 valence electrons. The molecule has 0 radical (unpaired) electrons. The molecule has 0 spiro atoms. The monoisotopic (exact) mass is 296 g/mol. The van der Waals surface area contributed by atoms with Crippen molar-refractivity contribution in [2.75, 3.05) is 6.54 Å². The Labute approximate surface area is 129 Å². The second-order valence-electron chi connectivity index (χ2n) is 6.06. The van der Waals surface area contributed by atoms with E-state index in [-0.39, 0.29) is 17.9 Å². The Kier molecular flexibility index (Phi) is 8.40. The number of nitrogens with one attached hydrogen (secondary N) is 1. The summed E-state index contributed by atoms with van der Waals surface area (Å²) in [7, 11) is 0. The standard InChI is InChI=1S/C17H32N2O2/c1-4-7-13-19(16(20)6-3)15(5-2)17(21)18-14-11-9-8-10-12-14/h14-15H,4-13H2,1-3H3,(H,18,21). The van der Waals surface area contributed by atoms with Crippen molar-refractivity contribution in [3.05, 3.63) is 0 Å². The van der Waals surface area contributed by atoms with Gasteiger partial charge in [-0.3, -0.25) is 9.59 Å². The summed E-state index contributed by atoms with van der Waals surface area (Å²) in [6, 6.07) is 0.0102. The lowest BCUT2D eigenvalue weighted by atomic mass is 9.95. The minimum Gasteiger partial charge on any atom is -0.352 e.